The second-order valence-electron chi connectivity index (χ2n) is 4.67. The minimum atomic E-state index is 0.539. The highest BCUT2D eigenvalue weighted by Crippen LogP contribution is 2.29. The lowest BCUT2D eigenvalue weighted by atomic mass is 10.1. The van der Waals surface area contributed by atoms with Gasteiger partial charge in [0, 0.05) is 17.5 Å². The predicted octanol–water partition coefficient (Wildman–Crippen LogP) is 4.22. The van der Waals surface area contributed by atoms with Crippen LogP contribution in [0.1, 0.15) is 25.0 Å². The highest BCUT2D eigenvalue weighted by molar-refractivity contribution is 7.13. The van der Waals surface area contributed by atoms with Crippen molar-refractivity contribution in [3.05, 3.63) is 46.8 Å². The molecule has 90 valence electrons. The first-order valence-corrected chi connectivity index (χ1v) is 6.91. The van der Waals surface area contributed by atoms with Gasteiger partial charge in [-0.05, 0) is 35.1 Å². The molecule has 0 unspecified atom stereocenters. The zero-order valence-corrected chi connectivity index (χ0v) is 11.5. The summed E-state index contributed by atoms with van der Waals surface area (Å²) >= 11 is 1.83. The Hall–Kier alpha value is -1.12. The highest BCUT2D eigenvalue weighted by Gasteiger charge is 2.05. The van der Waals surface area contributed by atoms with Crippen LogP contribution in [0.5, 0.6) is 0 Å². The smallest absolute Gasteiger partial charge is 0.0348 e. The second-order valence-corrected chi connectivity index (χ2v) is 5.58. The molecule has 0 amide bonds. The van der Waals surface area contributed by atoms with E-state index in [0.29, 0.717) is 6.04 Å². The fourth-order valence-electron chi connectivity index (χ4n) is 1.78. The van der Waals surface area contributed by atoms with E-state index in [0.717, 1.165) is 6.54 Å². The van der Waals surface area contributed by atoms with Gasteiger partial charge in [-0.15, -0.1) is 11.3 Å². The summed E-state index contributed by atoms with van der Waals surface area (Å²) < 4.78 is 0. The van der Waals surface area contributed by atoms with Gasteiger partial charge < -0.3 is 5.32 Å². The highest BCUT2D eigenvalue weighted by atomic mass is 32.1. The number of aryl methyl sites for hydroxylation is 1. The average Bonchev–Trinajstić information content (AvgIpc) is 2.75. The Kier molecular flexibility index (Phi) is 3.97. The third kappa shape index (κ3) is 3.18. The zero-order valence-electron chi connectivity index (χ0n) is 10.7. The topological polar surface area (TPSA) is 12.0 Å². The van der Waals surface area contributed by atoms with Gasteiger partial charge in [-0.1, -0.05) is 38.1 Å². The number of nitrogens with one attached hydrogen (secondary N) is 1. The summed E-state index contributed by atoms with van der Waals surface area (Å²) in [6, 6.07) is 11.4. The van der Waals surface area contributed by atoms with Crippen molar-refractivity contribution >= 4 is 11.3 Å². The molecule has 1 nitrogen and oxygen atoms in total. The quantitative estimate of drug-likeness (QED) is 0.850. The van der Waals surface area contributed by atoms with Crippen LogP contribution in [0.4, 0.5) is 0 Å². The molecule has 0 aliphatic heterocycles. The number of benzene rings is 1. The molecule has 0 spiro atoms. The summed E-state index contributed by atoms with van der Waals surface area (Å²) in [5.41, 5.74) is 4.08. The van der Waals surface area contributed by atoms with Crippen molar-refractivity contribution in [3.8, 4) is 10.4 Å². The standard InChI is InChI=1S/C15H19NS/c1-11(2)16-9-13-8-15(17-10-13)14-7-5-4-6-12(14)3/h4-8,10-11,16H,9H2,1-3H3. The molecule has 17 heavy (non-hydrogen) atoms. The first-order valence-electron chi connectivity index (χ1n) is 6.03. The van der Waals surface area contributed by atoms with Crippen molar-refractivity contribution in [2.45, 2.75) is 33.4 Å². The Morgan fingerprint density at radius 3 is 2.71 bits per heavy atom. The molecule has 2 aromatic rings. The molecule has 1 aromatic carbocycles. The maximum Gasteiger partial charge on any atom is 0.0348 e. The summed E-state index contributed by atoms with van der Waals surface area (Å²) in [6.07, 6.45) is 0. The summed E-state index contributed by atoms with van der Waals surface area (Å²) in [6.45, 7) is 7.48. The third-order valence-corrected chi connectivity index (χ3v) is 3.79. The van der Waals surface area contributed by atoms with Crippen molar-refractivity contribution in [2.24, 2.45) is 0 Å². The van der Waals surface area contributed by atoms with Gasteiger partial charge in [0.1, 0.15) is 0 Å². The number of hydrogen-bond acceptors (Lipinski definition) is 2. The van der Waals surface area contributed by atoms with E-state index < -0.39 is 0 Å². The van der Waals surface area contributed by atoms with Gasteiger partial charge in [-0.25, -0.2) is 0 Å². The van der Waals surface area contributed by atoms with Gasteiger partial charge in [-0.2, -0.15) is 0 Å². The summed E-state index contributed by atoms with van der Waals surface area (Å²) in [5.74, 6) is 0. The van der Waals surface area contributed by atoms with E-state index in [1.807, 2.05) is 11.3 Å². The van der Waals surface area contributed by atoms with Crippen LogP contribution in [0, 0.1) is 6.92 Å². The van der Waals surface area contributed by atoms with Crippen LogP contribution in [-0.2, 0) is 6.54 Å². The van der Waals surface area contributed by atoms with Crippen LogP contribution in [0.15, 0.2) is 35.7 Å². The van der Waals surface area contributed by atoms with Crippen molar-refractivity contribution in [1.29, 1.82) is 0 Å². The van der Waals surface area contributed by atoms with Gasteiger partial charge in [0.2, 0.25) is 0 Å². The van der Waals surface area contributed by atoms with Crippen molar-refractivity contribution in [2.75, 3.05) is 0 Å². The first-order chi connectivity index (χ1) is 8.16. The molecule has 1 heterocycles. The number of thiophene rings is 1. The van der Waals surface area contributed by atoms with Crippen molar-refractivity contribution in [1.82, 2.24) is 5.32 Å². The first kappa shape index (κ1) is 12.3. The monoisotopic (exact) mass is 245 g/mol. The molecule has 0 atom stereocenters. The van der Waals surface area contributed by atoms with Crippen LogP contribution in [0.2, 0.25) is 0 Å². The van der Waals surface area contributed by atoms with Crippen LogP contribution >= 0.6 is 11.3 Å². The van der Waals surface area contributed by atoms with E-state index in [9.17, 15) is 0 Å². The number of rotatable bonds is 4. The molecule has 0 saturated heterocycles. The Bertz CT molecular complexity index is 485. The van der Waals surface area contributed by atoms with E-state index in [1.165, 1.54) is 21.6 Å². The van der Waals surface area contributed by atoms with E-state index in [-0.39, 0.29) is 0 Å². The van der Waals surface area contributed by atoms with E-state index in [2.05, 4.69) is 61.8 Å². The Morgan fingerprint density at radius 2 is 2.00 bits per heavy atom. The van der Waals surface area contributed by atoms with E-state index in [4.69, 9.17) is 0 Å². The van der Waals surface area contributed by atoms with E-state index in [1.54, 1.807) is 0 Å². The average molecular weight is 245 g/mol. The fourth-order valence-corrected chi connectivity index (χ4v) is 2.79. The molecular weight excluding hydrogens is 226 g/mol. The van der Waals surface area contributed by atoms with Gasteiger partial charge >= 0.3 is 0 Å². The molecule has 0 aliphatic rings. The second kappa shape index (κ2) is 5.48. The number of hydrogen-bond donors (Lipinski definition) is 1. The molecule has 1 aromatic heterocycles. The minimum Gasteiger partial charge on any atom is -0.310 e. The molecule has 2 heteroatoms. The SMILES string of the molecule is Cc1ccccc1-c1cc(CNC(C)C)cs1. The van der Waals surface area contributed by atoms with Crippen LogP contribution < -0.4 is 5.32 Å². The van der Waals surface area contributed by atoms with Crippen LogP contribution in [-0.4, -0.2) is 6.04 Å². The maximum absolute atomic E-state index is 3.45. The predicted molar refractivity (Wildman–Crippen MR) is 76.5 cm³/mol. The Morgan fingerprint density at radius 1 is 1.24 bits per heavy atom. The summed E-state index contributed by atoms with van der Waals surface area (Å²) in [5, 5.41) is 5.70. The van der Waals surface area contributed by atoms with Gasteiger partial charge in [0.15, 0.2) is 0 Å². The Labute approximate surface area is 108 Å². The minimum absolute atomic E-state index is 0.539. The Balaban J connectivity index is 2.16. The molecular formula is C15H19NS. The fraction of sp³-hybridized carbons (Fsp3) is 0.333. The summed E-state index contributed by atoms with van der Waals surface area (Å²) in [7, 11) is 0. The van der Waals surface area contributed by atoms with Crippen molar-refractivity contribution in [3.63, 3.8) is 0 Å². The van der Waals surface area contributed by atoms with E-state index >= 15 is 0 Å². The summed E-state index contributed by atoms with van der Waals surface area (Å²) in [4.78, 5) is 1.36. The van der Waals surface area contributed by atoms with Crippen molar-refractivity contribution < 1.29 is 0 Å². The van der Waals surface area contributed by atoms with Crippen LogP contribution in [0.25, 0.3) is 10.4 Å². The maximum atomic E-state index is 3.45. The van der Waals surface area contributed by atoms with Gasteiger partial charge in [-0.3, -0.25) is 0 Å². The largest absolute Gasteiger partial charge is 0.310 e. The molecule has 0 bridgehead atoms. The molecule has 2 rings (SSSR count). The zero-order chi connectivity index (χ0) is 12.3. The molecule has 0 saturated carbocycles. The lowest BCUT2D eigenvalue weighted by Gasteiger charge is -2.05. The molecule has 1 N–H and O–H groups in total. The normalized spacial score (nSPS) is 11.1. The third-order valence-electron chi connectivity index (χ3n) is 2.78. The molecule has 0 fully saturated rings. The lowest BCUT2D eigenvalue weighted by molar-refractivity contribution is 0.590. The van der Waals surface area contributed by atoms with Crippen LogP contribution in [0.3, 0.4) is 0 Å². The van der Waals surface area contributed by atoms with Gasteiger partial charge in [0.05, 0.1) is 0 Å². The molecule has 0 aliphatic carbocycles. The molecule has 0 radical (unpaired) electrons. The van der Waals surface area contributed by atoms with Gasteiger partial charge in [0.25, 0.3) is 0 Å². The lowest BCUT2D eigenvalue weighted by Crippen LogP contribution is -2.21.